The predicted molar refractivity (Wildman–Crippen MR) is 55.6 cm³/mol. The minimum absolute atomic E-state index is 0.227. The Balaban J connectivity index is 2.45. The van der Waals surface area contributed by atoms with Crippen LogP contribution in [-0.2, 0) is 15.9 Å². The maximum atomic E-state index is 12.8. The molecule has 1 rings (SSSR count). The highest BCUT2D eigenvalue weighted by Gasteiger charge is 2.01. The van der Waals surface area contributed by atoms with E-state index in [0.717, 1.165) is 10.0 Å². The zero-order valence-corrected chi connectivity index (χ0v) is 9.51. The Kier molecular flexibility index (Phi) is 5.07. The van der Waals surface area contributed by atoms with Crippen molar-refractivity contribution in [3.63, 3.8) is 0 Å². The molecule has 4 heteroatoms. The van der Waals surface area contributed by atoms with Crippen LogP contribution in [0.5, 0.6) is 0 Å². The predicted octanol–water partition coefficient (Wildman–Crippen LogP) is 2.75. The Hall–Kier alpha value is -0.450. The summed E-state index contributed by atoms with van der Waals surface area (Å²) < 4.78 is 23.6. The highest BCUT2D eigenvalue weighted by molar-refractivity contribution is 9.10. The minimum atomic E-state index is -0.227. The smallest absolute Gasteiger partial charge is 0.146 e. The largest absolute Gasteiger partial charge is 0.359 e. The third kappa shape index (κ3) is 3.74. The first kappa shape index (κ1) is 11.6. The lowest BCUT2D eigenvalue weighted by atomic mass is 10.1. The molecule has 0 heterocycles. The Bertz CT molecular complexity index is 291. The number of benzene rings is 1. The van der Waals surface area contributed by atoms with Crippen molar-refractivity contribution in [3.05, 3.63) is 34.1 Å². The molecular weight excluding hydrogens is 251 g/mol. The van der Waals surface area contributed by atoms with Crippen LogP contribution < -0.4 is 0 Å². The van der Waals surface area contributed by atoms with Crippen LogP contribution in [0.3, 0.4) is 0 Å². The highest BCUT2D eigenvalue weighted by atomic mass is 79.9. The summed E-state index contributed by atoms with van der Waals surface area (Å²) in [5.74, 6) is -0.227. The van der Waals surface area contributed by atoms with Crippen molar-refractivity contribution in [2.45, 2.75) is 6.42 Å². The van der Waals surface area contributed by atoms with Crippen molar-refractivity contribution in [2.24, 2.45) is 0 Å². The van der Waals surface area contributed by atoms with Crippen LogP contribution in [0.4, 0.5) is 4.39 Å². The minimum Gasteiger partial charge on any atom is -0.359 e. The molecule has 0 fully saturated rings. The van der Waals surface area contributed by atoms with Gasteiger partial charge < -0.3 is 9.47 Å². The van der Waals surface area contributed by atoms with Gasteiger partial charge >= 0.3 is 0 Å². The number of ether oxygens (including phenoxy) is 2. The van der Waals surface area contributed by atoms with E-state index in [9.17, 15) is 4.39 Å². The van der Waals surface area contributed by atoms with E-state index in [4.69, 9.17) is 9.47 Å². The van der Waals surface area contributed by atoms with Gasteiger partial charge in [-0.3, -0.25) is 0 Å². The molecule has 14 heavy (non-hydrogen) atoms. The molecule has 78 valence electrons. The number of methoxy groups -OCH3 is 1. The Morgan fingerprint density at radius 2 is 2.21 bits per heavy atom. The number of hydrogen-bond donors (Lipinski definition) is 0. The highest BCUT2D eigenvalue weighted by Crippen LogP contribution is 2.18. The molecule has 0 radical (unpaired) electrons. The SMILES string of the molecule is COCOCCc1cc(F)ccc1Br. The second-order valence-electron chi connectivity index (χ2n) is 2.80. The van der Waals surface area contributed by atoms with Gasteiger partial charge in [0, 0.05) is 11.6 Å². The summed E-state index contributed by atoms with van der Waals surface area (Å²) in [6.45, 7) is 0.794. The van der Waals surface area contributed by atoms with Crippen LogP contribution in [0.2, 0.25) is 0 Å². The van der Waals surface area contributed by atoms with Gasteiger partial charge in [0.25, 0.3) is 0 Å². The summed E-state index contributed by atoms with van der Waals surface area (Å²) in [7, 11) is 1.57. The molecule has 0 saturated heterocycles. The second-order valence-corrected chi connectivity index (χ2v) is 3.65. The molecule has 0 saturated carbocycles. The molecule has 0 spiro atoms. The third-order valence-electron chi connectivity index (χ3n) is 1.72. The summed E-state index contributed by atoms with van der Waals surface area (Å²) in [5.41, 5.74) is 0.904. The van der Waals surface area contributed by atoms with Crippen LogP contribution in [0.15, 0.2) is 22.7 Å². The molecule has 0 bridgehead atoms. The molecule has 1 aromatic carbocycles. The molecule has 0 aliphatic carbocycles. The summed E-state index contributed by atoms with van der Waals surface area (Å²) in [5, 5.41) is 0. The molecule has 0 aliphatic rings. The van der Waals surface area contributed by atoms with Gasteiger partial charge in [0.2, 0.25) is 0 Å². The van der Waals surface area contributed by atoms with Crippen molar-refractivity contribution in [1.29, 1.82) is 0 Å². The number of halogens is 2. The van der Waals surface area contributed by atoms with Crippen LogP contribution in [0.25, 0.3) is 0 Å². The van der Waals surface area contributed by atoms with E-state index in [1.165, 1.54) is 12.1 Å². The monoisotopic (exact) mass is 262 g/mol. The van der Waals surface area contributed by atoms with E-state index in [0.29, 0.717) is 13.0 Å². The van der Waals surface area contributed by atoms with Crippen molar-refractivity contribution >= 4 is 15.9 Å². The topological polar surface area (TPSA) is 18.5 Å². The fraction of sp³-hybridized carbons (Fsp3) is 0.400. The van der Waals surface area contributed by atoms with Gasteiger partial charge in [-0.2, -0.15) is 0 Å². The van der Waals surface area contributed by atoms with Gasteiger partial charge in [-0.05, 0) is 30.2 Å². The normalized spacial score (nSPS) is 10.5. The first-order valence-electron chi connectivity index (χ1n) is 4.24. The maximum Gasteiger partial charge on any atom is 0.146 e. The van der Waals surface area contributed by atoms with E-state index >= 15 is 0 Å². The van der Waals surface area contributed by atoms with Crippen LogP contribution in [0, 0.1) is 5.82 Å². The van der Waals surface area contributed by atoms with E-state index < -0.39 is 0 Å². The van der Waals surface area contributed by atoms with Crippen molar-refractivity contribution in [1.82, 2.24) is 0 Å². The summed E-state index contributed by atoms with van der Waals surface area (Å²) in [4.78, 5) is 0. The first-order valence-corrected chi connectivity index (χ1v) is 5.04. The average Bonchev–Trinajstić information content (AvgIpc) is 2.18. The quantitative estimate of drug-likeness (QED) is 0.600. The van der Waals surface area contributed by atoms with Gasteiger partial charge in [0.15, 0.2) is 0 Å². The van der Waals surface area contributed by atoms with Crippen LogP contribution in [0.1, 0.15) is 5.56 Å². The van der Waals surface area contributed by atoms with E-state index in [1.54, 1.807) is 13.2 Å². The molecule has 0 atom stereocenters. The van der Waals surface area contributed by atoms with Crippen LogP contribution >= 0.6 is 15.9 Å². The molecule has 0 N–H and O–H groups in total. The first-order chi connectivity index (χ1) is 6.74. The van der Waals surface area contributed by atoms with Crippen molar-refractivity contribution < 1.29 is 13.9 Å². The third-order valence-corrected chi connectivity index (χ3v) is 2.50. The summed E-state index contributed by atoms with van der Waals surface area (Å²) >= 11 is 3.35. The maximum absolute atomic E-state index is 12.8. The van der Waals surface area contributed by atoms with Gasteiger partial charge in [0.05, 0.1) is 6.61 Å². The van der Waals surface area contributed by atoms with Crippen LogP contribution in [-0.4, -0.2) is 20.5 Å². The van der Waals surface area contributed by atoms with E-state index in [-0.39, 0.29) is 12.6 Å². The number of rotatable bonds is 5. The molecule has 1 aromatic rings. The van der Waals surface area contributed by atoms with Gasteiger partial charge in [0.1, 0.15) is 12.6 Å². The van der Waals surface area contributed by atoms with E-state index in [2.05, 4.69) is 15.9 Å². The zero-order valence-electron chi connectivity index (χ0n) is 7.93. The zero-order chi connectivity index (χ0) is 10.4. The van der Waals surface area contributed by atoms with Gasteiger partial charge in [-0.1, -0.05) is 15.9 Å². The molecule has 0 aliphatic heterocycles. The Morgan fingerprint density at radius 3 is 2.93 bits per heavy atom. The standard InChI is InChI=1S/C10H12BrFO2/c1-13-7-14-5-4-8-6-9(12)2-3-10(8)11/h2-3,6H,4-5,7H2,1H3. The fourth-order valence-electron chi connectivity index (χ4n) is 1.06. The lowest BCUT2D eigenvalue weighted by Crippen LogP contribution is -2.02. The molecule has 0 unspecified atom stereocenters. The van der Waals surface area contributed by atoms with Crippen molar-refractivity contribution in [3.8, 4) is 0 Å². The fourth-order valence-corrected chi connectivity index (χ4v) is 1.50. The van der Waals surface area contributed by atoms with E-state index in [1.807, 2.05) is 0 Å². The van der Waals surface area contributed by atoms with Gasteiger partial charge in [-0.15, -0.1) is 0 Å². The molecule has 0 aromatic heterocycles. The molecule has 2 nitrogen and oxygen atoms in total. The Labute approximate surface area is 91.2 Å². The average molecular weight is 263 g/mol. The second kappa shape index (κ2) is 6.11. The molecule has 0 amide bonds. The van der Waals surface area contributed by atoms with Crippen molar-refractivity contribution in [2.75, 3.05) is 20.5 Å². The lowest BCUT2D eigenvalue weighted by Gasteiger charge is -2.05. The lowest BCUT2D eigenvalue weighted by molar-refractivity contribution is -0.0291. The number of hydrogen-bond acceptors (Lipinski definition) is 2. The molecular formula is C10H12BrFO2. The Morgan fingerprint density at radius 1 is 1.43 bits per heavy atom. The summed E-state index contributed by atoms with van der Waals surface area (Å²) in [6.07, 6.45) is 0.668. The summed E-state index contributed by atoms with van der Waals surface area (Å²) in [6, 6.07) is 4.62. The van der Waals surface area contributed by atoms with Gasteiger partial charge in [-0.25, -0.2) is 4.39 Å².